The van der Waals surface area contributed by atoms with Crippen LogP contribution in [0.15, 0.2) is 84.9 Å². The molecule has 0 aromatic heterocycles. The average molecular weight is 457 g/mol. The van der Waals surface area contributed by atoms with Gasteiger partial charge in [-0.25, -0.2) is 0 Å². The van der Waals surface area contributed by atoms with Gasteiger partial charge < -0.3 is 14.6 Å². The van der Waals surface area contributed by atoms with Gasteiger partial charge in [-0.05, 0) is 65.4 Å². The third-order valence-corrected chi connectivity index (χ3v) is 5.56. The lowest BCUT2D eigenvalue weighted by Gasteiger charge is -2.27. The minimum absolute atomic E-state index is 0.186. The fraction of sp³-hybridized carbons (Fsp3) is 0.0400. The Balaban J connectivity index is 1.64. The van der Waals surface area contributed by atoms with Crippen molar-refractivity contribution in [2.75, 3.05) is 9.62 Å². The lowest BCUT2D eigenvalue weighted by atomic mass is 10.1. The number of ether oxygens (including phenoxy) is 1. The van der Waals surface area contributed by atoms with Gasteiger partial charge in [0, 0.05) is 12.6 Å². The van der Waals surface area contributed by atoms with Crippen molar-refractivity contribution in [3.8, 4) is 17.6 Å². The largest absolute Gasteiger partial charge is 0.755 e. The van der Waals surface area contributed by atoms with Crippen molar-refractivity contribution >= 4 is 45.0 Å². The fourth-order valence-corrected chi connectivity index (χ4v) is 3.96. The molecule has 0 radical (unpaired) electrons. The van der Waals surface area contributed by atoms with Crippen molar-refractivity contribution in [1.29, 1.82) is 5.26 Å². The monoisotopic (exact) mass is 456 g/mol. The molecule has 0 saturated heterocycles. The summed E-state index contributed by atoms with van der Waals surface area (Å²) in [4.78, 5) is 11.2. The van der Waals surface area contributed by atoms with Crippen LogP contribution in [0, 0.1) is 11.3 Å². The normalized spacial score (nSPS) is 11.4. The van der Waals surface area contributed by atoms with Gasteiger partial charge in [-0.15, -0.1) is 0 Å². The van der Waals surface area contributed by atoms with Gasteiger partial charge in [0.1, 0.15) is 17.6 Å². The van der Waals surface area contributed by atoms with Gasteiger partial charge in [0.2, 0.25) is 5.91 Å². The van der Waals surface area contributed by atoms with Crippen molar-refractivity contribution in [3.05, 3.63) is 90.5 Å². The molecule has 0 aliphatic carbocycles. The summed E-state index contributed by atoms with van der Waals surface area (Å²) in [6.45, 7) is 1.39. The molecule has 8 heteroatoms. The number of anilines is 3. The van der Waals surface area contributed by atoms with Gasteiger partial charge >= 0.3 is 0 Å². The van der Waals surface area contributed by atoms with Crippen molar-refractivity contribution in [3.63, 3.8) is 0 Å². The molecule has 1 unspecified atom stereocenters. The highest BCUT2D eigenvalue weighted by molar-refractivity contribution is 7.81. The molecule has 33 heavy (non-hydrogen) atoms. The second-order valence-corrected chi connectivity index (χ2v) is 7.94. The van der Waals surface area contributed by atoms with Crippen LogP contribution in [0.3, 0.4) is 0 Å². The molecule has 164 valence electrons. The number of amides is 1. The summed E-state index contributed by atoms with van der Waals surface area (Å²) >= 11 is -2.65. The zero-order chi connectivity index (χ0) is 23.4. The number of carbonyl (C=O) groups is 1. The number of hydrogen-bond donors (Lipinski definition) is 1. The fourth-order valence-electron chi connectivity index (χ4n) is 3.38. The van der Waals surface area contributed by atoms with Crippen molar-refractivity contribution in [2.45, 2.75) is 6.92 Å². The summed E-state index contributed by atoms with van der Waals surface area (Å²) in [5, 5.41) is 14.4. The highest BCUT2D eigenvalue weighted by Crippen LogP contribution is 2.34. The van der Waals surface area contributed by atoms with E-state index in [0.29, 0.717) is 22.9 Å². The summed E-state index contributed by atoms with van der Waals surface area (Å²) < 4.78 is 31.0. The lowest BCUT2D eigenvalue weighted by Crippen LogP contribution is -2.19. The number of fused-ring (bicyclic) bond motifs is 1. The summed E-state index contributed by atoms with van der Waals surface area (Å²) in [5.41, 5.74) is 1.35. The number of benzene rings is 4. The van der Waals surface area contributed by atoms with Gasteiger partial charge in [0.05, 0.1) is 28.2 Å². The number of nitrogens with one attached hydrogen (secondary N) is 1. The Morgan fingerprint density at radius 2 is 1.67 bits per heavy atom. The molecule has 0 fully saturated rings. The van der Waals surface area contributed by atoms with Crippen LogP contribution in [0.2, 0.25) is 0 Å². The van der Waals surface area contributed by atoms with E-state index in [9.17, 15) is 18.8 Å². The van der Waals surface area contributed by atoms with E-state index in [2.05, 4.69) is 11.4 Å². The topological polar surface area (TPSA) is 105 Å². The van der Waals surface area contributed by atoms with E-state index in [-0.39, 0.29) is 17.2 Å². The first-order valence-corrected chi connectivity index (χ1v) is 11.0. The summed E-state index contributed by atoms with van der Waals surface area (Å²) in [7, 11) is 0. The van der Waals surface area contributed by atoms with Gasteiger partial charge in [0.25, 0.3) is 0 Å². The molecule has 1 atom stereocenters. The predicted molar refractivity (Wildman–Crippen MR) is 127 cm³/mol. The molecule has 1 N–H and O–H groups in total. The first-order chi connectivity index (χ1) is 15.9. The zero-order valence-corrected chi connectivity index (χ0v) is 18.3. The quantitative estimate of drug-likeness (QED) is 0.391. The van der Waals surface area contributed by atoms with E-state index < -0.39 is 11.3 Å². The molecule has 4 rings (SSSR count). The molecule has 0 bridgehead atoms. The van der Waals surface area contributed by atoms with Crippen molar-refractivity contribution in [1.82, 2.24) is 0 Å². The van der Waals surface area contributed by atoms with Crippen LogP contribution in [0.5, 0.6) is 11.5 Å². The third-order valence-electron chi connectivity index (χ3n) is 4.84. The summed E-state index contributed by atoms with van der Waals surface area (Å²) in [6.07, 6.45) is 0. The molecule has 0 aliphatic heterocycles. The molecule has 0 aliphatic rings. The Morgan fingerprint density at radius 1 is 0.970 bits per heavy atom. The van der Waals surface area contributed by atoms with Crippen molar-refractivity contribution in [2.24, 2.45) is 0 Å². The maximum Gasteiger partial charge on any atom is 0.221 e. The number of rotatable bonds is 6. The van der Waals surface area contributed by atoms with E-state index in [4.69, 9.17) is 4.74 Å². The van der Waals surface area contributed by atoms with Crippen LogP contribution in [0.4, 0.5) is 17.1 Å². The first kappa shape index (κ1) is 22.0. The molecule has 7 nitrogen and oxygen atoms in total. The maximum absolute atomic E-state index is 12.0. The third kappa shape index (κ3) is 5.01. The number of hydrogen-bond acceptors (Lipinski definition) is 5. The Kier molecular flexibility index (Phi) is 6.36. The van der Waals surface area contributed by atoms with Gasteiger partial charge in [-0.1, -0.05) is 30.3 Å². The second-order valence-electron chi connectivity index (χ2n) is 7.14. The zero-order valence-electron chi connectivity index (χ0n) is 17.5. The first-order valence-electron chi connectivity index (χ1n) is 9.92. The second kappa shape index (κ2) is 9.53. The molecule has 1 amide bonds. The summed E-state index contributed by atoms with van der Waals surface area (Å²) in [5.74, 6) is 0.651. The van der Waals surface area contributed by atoms with Crippen LogP contribution < -0.4 is 14.4 Å². The average Bonchev–Trinajstić information content (AvgIpc) is 2.80. The molecule has 0 heterocycles. The van der Waals surface area contributed by atoms with E-state index in [0.717, 1.165) is 15.1 Å². The van der Waals surface area contributed by atoms with Crippen LogP contribution >= 0.6 is 0 Å². The molecule has 0 spiro atoms. The van der Waals surface area contributed by atoms with Gasteiger partial charge in [-0.2, -0.15) is 5.26 Å². The maximum atomic E-state index is 12.0. The standard InChI is InChI=1S/C25H19N3O4S/c1-17(29)27-21-7-9-22(10-8-21)28(33(30)31)23-11-13-25(20(14-23)16-26)32-24-12-6-18-4-2-3-5-19(18)15-24/h2-15H,1H3,(H,27,29)(H,30,31)/p-1. The lowest BCUT2D eigenvalue weighted by molar-refractivity contribution is -0.114. The molecule has 4 aromatic carbocycles. The van der Waals surface area contributed by atoms with Crippen LogP contribution in [0.1, 0.15) is 12.5 Å². The van der Waals surface area contributed by atoms with Crippen LogP contribution in [-0.2, 0) is 16.1 Å². The van der Waals surface area contributed by atoms with E-state index in [1.165, 1.54) is 13.0 Å². The highest BCUT2D eigenvalue weighted by atomic mass is 32.2. The minimum Gasteiger partial charge on any atom is -0.755 e. The number of carbonyl (C=O) groups excluding carboxylic acids is 1. The minimum atomic E-state index is -2.65. The molecular weight excluding hydrogens is 438 g/mol. The van der Waals surface area contributed by atoms with Crippen LogP contribution in [-0.4, -0.2) is 14.7 Å². The Morgan fingerprint density at radius 3 is 2.33 bits per heavy atom. The summed E-state index contributed by atoms with van der Waals surface area (Å²) in [6, 6.07) is 26.4. The number of nitrogens with zero attached hydrogens (tertiary/aromatic N) is 2. The van der Waals surface area contributed by atoms with E-state index >= 15 is 0 Å². The van der Waals surface area contributed by atoms with Gasteiger partial charge in [-0.3, -0.25) is 13.3 Å². The molecule has 0 saturated carbocycles. The smallest absolute Gasteiger partial charge is 0.221 e. The Bertz CT molecular complexity index is 1400. The predicted octanol–water partition coefficient (Wildman–Crippen LogP) is 5.39. The number of nitriles is 1. The van der Waals surface area contributed by atoms with Crippen molar-refractivity contribution < 1.29 is 18.3 Å². The van der Waals surface area contributed by atoms with Crippen LogP contribution in [0.25, 0.3) is 10.8 Å². The van der Waals surface area contributed by atoms with E-state index in [1.807, 2.05) is 42.5 Å². The Labute approximate surface area is 193 Å². The molecular formula is C25H18N3O4S-. The Hall–Kier alpha value is -4.19. The highest BCUT2D eigenvalue weighted by Gasteiger charge is 2.14. The molecule has 4 aromatic rings. The SMILES string of the molecule is CC(=O)Nc1ccc(N(c2ccc(Oc3ccc4ccccc4c3)c(C#N)c2)S(=O)[O-])cc1. The van der Waals surface area contributed by atoms with E-state index in [1.54, 1.807) is 36.4 Å². The van der Waals surface area contributed by atoms with Gasteiger partial charge in [0.15, 0.2) is 0 Å².